The van der Waals surface area contributed by atoms with Crippen molar-refractivity contribution >= 4 is 28.6 Å². The minimum absolute atomic E-state index is 0.675. The second-order valence-corrected chi connectivity index (χ2v) is 5.08. The molecule has 0 aliphatic heterocycles. The summed E-state index contributed by atoms with van der Waals surface area (Å²) in [6.45, 7) is 1.97. The van der Waals surface area contributed by atoms with Crippen molar-refractivity contribution in [2.45, 2.75) is 6.92 Å². The van der Waals surface area contributed by atoms with Gasteiger partial charge in [0, 0.05) is 23.3 Å². The van der Waals surface area contributed by atoms with E-state index in [9.17, 15) is 0 Å². The Morgan fingerprint density at radius 2 is 1.36 bits per heavy atom. The number of hydrogen-bond donors (Lipinski definition) is 3. The van der Waals surface area contributed by atoms with Crippen LogP contribution in [0.1, 0.15) is 5.56 Å². The molecule has 0 fully saturated rings. The normalized spacial score (nSPS) is 10.2. The number of rotatable bonds is 4. The van der Waals surface area contributed by atoms with Crippen LogP contribution in [0.3, 0.4) is 0 Å². The summed E-state index contributed by atoms with van der Waals surface area (Å²) in [5, 5.41) is 6.59. The average Bonchev–Trinajstić information content (AvgIpc) is 2.55. The molecule has 0 spiro atoms. The first-order valence-electron chi connectivity index (χ1n) is 7.12. The van der Waals surface area contributed by atoms with Crippen molar-refractivity contribution in [3.8, 4) is 0 Å². The molecule has 4 nitrogen and oxygen atoms in total. The lowest BCUT2D eigenvalue weighted by Crippen LogP contribution is -2.00. The lowest BCUT2D eigenvalue weighted by molar-refractivity contribution is 1.28. The maximum atomic E-state index is 6.03. The Labute approximate surface area is 130 Å². The van der Waals surface area contributed by atoms with Crippen LogP contribution >= 0.6 is 0 Å². The molecule has 0 amide bonds. The van der Waals surface area contributed by atoms with Crippen molar-refractivity contribution < 1.29 is 0 Å². The summed E-state index contributed by atoms with van der Waals surface area (Å²) in [6.07, 6.45) is 1.75. The lowest BCUT2D eigenvalue weighted by atomic mass is 10.2. The molecule has 0 saturated carbocycles. The number of nitrogen functional groups attached to an aromatic ring is 1. The van der Waals surface area contributed by atoms with Gasteiger partial charge in [-0.05, 0) is 55.0 Å². The Bertz CT molecular complexity index is 752. The maximum absolute atomic E-state index is 6.03. The number of hydrogen-bond acceptors (Lipinski definition) is 4. The number of aryl methyl sites for hydroxylation is 1. The first-order valence-corrected chi connectivity index (χ1v) is 7.12. The zero-order chi connectivity index (χ0) is 15.4. The van der Waals surface area contributed by atoms with Gasteiger partial charge in [-0.25, -0.2) is 4.98 Å². The second-order valence-electron chi connectivity index (χ2n) is 5.08. The average molecular weight is 290 g/mol. The summed E-state index contributed by atoms with van der Waals surface area (Å²) < 4.78 is 0. The molecule has 1 aromatic heterocycles. The summed E-state index contributed by atoms with van der Waals surface area (Å²) in [6, 6.07) is 20.0. The van der Waals surface area contributed by atoms with Crippen molar-refractivity contribution in [1.82, 2.24) is 4.98 Å². The van der Waals surface area contributed by atoms with Crippen molar-refractivity contribution in [1.29, 1.82) is 0 Å². The van der Waals surface area contributed by atoms with E-state index in [4.69, 9.17) is 5.73 Å². The zero-order valence-electron chi connectivity index (χ0n) is 12.4. The molecule has 0 unspecified atom stereocenters. The van der Waals surface area contributed by atoms with Crippen LogP contribution in [0.4, 0.5) is 28.6 Å². The summed E-state index contributed by atoms with van der Waals surface area (Å²) in [4.78, 5) is 4.27. The summed E-state index contributed by atoms with van der Waals surface area (Å²) >= 11 is 0. The van der Waals surface area contributed by atoms with Crippen LogP contribution in [0.25, 0.3) is 0 Å². The third kappa shape index (κ3) is 3.17. The maximum Gasteiger partial charge on any atom is 0.153 e. The molecule has 3 rings (SSSR count). The molecule has 0 aliphatic carbocycles. The van der Waals surface area contributed by atoms with E-state index >= 15 is 0 Å². The molecule has 0 radical (unpaired) electrons. The van der Waals surface area contributed by atoms with Gasteiger partial charge in [-0.3, -0.25) is 0 Å². The van der Waals surface area contributed by atoms with Crippen LogP contribution < -0.4 is 16.4 Å². The Hall–Kier alpha value is -3.01. The summed E-state index contributed by atoms with van der Waals surface area (Å²) in [7, 11) is 0. The predicted octanol–water partition coefficient (Wildman–Crippen LogP) is 4.46. The third-order valence-electron chi connectivity index (χ3n) is 3.42. The summed E-state index contributed by atoms with van der Waals surface area (Å²) in [5.41, 5.74) is 10.8. The lowest BCUT2D eigenvalue weighted by Gasteiger charge is -2.11. The molecular weight excluding hydrogens is 272 g/mol. The van der Waals surface area contributed by atoms with E-state index in [1.54, 1.807) is 6.20 Å². The molecule has 4 N–H and O–H groups in total. The minimum atomic E-state index is 0.675. The molecule has 1 heterocycles. The number of anilines is 5. The first kappa shape index (κ1) is 13.9. The van der Waals surface area contributed by atoms with Crippen LogP contribution in [0.2, 0.25) is 0 Å². The van der Waals surface area contributed by atoms with E-state index in [1.165, 1.54) is 0 Å². The summed E-state index contributed by atoms with van der Waals surface area (Å²) in [5.74, 6) is 0.684. The van der Waals surface area contributed by atoms with Crippen molar-refractivity contribution in [2.24, 2.45) is 0 Å². The topological polar surface area (TPSA) is 63.0 Å². The molecule has 2 aromatic carbocycles. The molecule has 0 aliphatic rings. The largest absolute Gasteiger partial charge is 0.396 e. The first-order chi connectivity index (χ1) is 10.7. The van der Waals surface area contributed by atoms with Crippen molar-refractivity contribution in [3.05, 3.63) is 72.4 Å². The van der Waals surface area contributed by atoms with Crippen molar-refractivity contribution in [3.63, 3.8) is 0 Å². The zero-order valence-corrected chi connectivity index (χ0v) is 12.4. The van der Waals surface area contributed by atoms with Crippen LogP contribution in [0.5, 0.6) is 0 Å². The van der Waals surface area contributed by atoms with E-state index in [0.29, 0.717) is 11.5 Å². The Balaban J connectivity index is 1.73. The molecule has 4 heteroatoms. The van der Waals surface area contributed by atoms with Gasteiger partial charge in [0.05, 0.1) is 5.69 Å². The number of benzene rings is 2. The molecule has 0 saturated heterocycles. The highest BCUT2D eigenvalue weighted by atomic mass is 15.0. The van der Waals surface area contributed by atoms with Crippen LogP contribution in [-0.2, 0) is 0 Å². The highest BCUT2D eigenvalue weighted by molar-refractivity contribution is 5.72. The monoisotopic (exact) mass is 290 g/mol. The van der Waals surface area contributed by atoms with Crippen LogP contribution in [-0.4, -0.2) is 4.98 Å². The van der Waals surface area contributed by atoms with Gasteiger partial charge >= 0.3 is 0 Å². The molecule has 3 aromatic rings. The molecule has 0 atom stereocenters. The van der Waals surface area contributed by atoms with E-state index in [-0.39, 0.29) is 0 Å². The van der Waals surface area contributed by atoms with Gasteiger partial charge < -0.3 is 16.4 Å². The fourth-order valence-electron chi connectivity index (χ4n) is 2.13. The van der Waals surface area contributed by atoms with E-state index in [0.717, 1.165) is 22.6 Å². The molecule has 22 heavy (non-hydrogen) atoms. The van der Waals surface area contributed by atoms with Crippen LogP contribution in [0, 0.1) is 6.92 Å². The predicted molar refractivity (Wildman–Crippen MR) is 92.8 cm³/mol. The van der Waals surface area contributed by atoms with Gasteiger partial charge in [-0.2, -0.15) is 0 Å². The van der Waals surface area contributed by atoms with E-state index in [2.05, 4.69) is 15.6 Å². The molecule has 0 bridgehead atoms. The number of nitrogens with two attached hydrogens (primary N) is 1. The fourth-order valence-corrected chi connectivity index (χ4v) is 2.13. The van der Waals surface area contributed by atoms with Crippen molar-refractivity contribution in [2.75, 3.05) is 16.4 Å². The second kappa shape index (κ2) is 6.18. The third-order valence-corrected chi connectivity index (χ3v) is 3.42. The fraction of sp³-hybridized carbons (Fsp3) is 0.0556. The smallest absolute Gasteiger partial charge is 0.153 e. The number of aromatic nitrogens is 1. The number of para-hydroxylation sites is 1. The quantitative estimate of drug-likeness (QED) is 0.664. The number of pyridine rings is 1. The Kier molecular flexibility index (Phi) is 3.92. The standard InChI is InChI=1S/C18H18N4/c1-13-11-12-20-18(17(13)19)22-16-9-7-15(8-10-16)21-14-5-3-2-4-6-14/h2-12,21H,19H2,1H3,(H,20,22). The SMILES string of the molecule is Cc1ccnc(Nc2ccc(Nc3ccccc3)cc2)c1N. The molecular formula is C18H18N4. The van der Waals surface area contributed by atoms with Gasteiger partial charge in [0.2, 0.25) is 0 Å². The highest BCUT2D eigenvalue weighted by Crippen LogP contribution is 2.25. The highest BCUT2D eigenvalue weighted by Gasteiger charge is 2.03. The molecule has 110 valence electrons. The van der Waals surface area contributed by atoms with Gasteiger partial charge in [-0.15, -0.1) is 0 Å². The Morgan fingerprint density at radius 3 is 2.05 bits per heavy atom. The van der Waals surface area contributed by atoms with Gasteiger partial charge in [0.25, 0.3) is 0 Å². The van der Waals surface area contributed by atoms with Gasteiger partial charge in [-0.1, -0.05) is 18.2 Å². The van der Waals surface area contributed by atoms with E-state index < -0.39 is 0 Å². The number of nitrogens with one attached hydrogen (secondary N) is 2. The van der Waals surface area contributed by atoms with Gasteiger partial charge in [0.15, 0.2) is 5.82 Å². The minimum Gasteiger partial charge on any atom is -0.396 e. The van der Waals surface area contributed by atoms with Gasteiger partial charge in [0.1, 0.15) is 0 Å². The van der Waals surface area contributed by atoms with E-state index in [1.807, 2.05) is 67.6 Å². The number of nitrogens with zero attached hydrogens (tertiary/aromatic N) is 1. The van der Waals surface area contributed by atoms with Crippen LogP contribution in [0.15, 0.2) is 66.9 Å². The Morgan fingerprint density at radius 1 is 0.773 bits per heavy atom.